The lowest BCUT2D eigenvalue weighted by Crippen LogP contribution is -2.39. The monoisotopic (exact) mass is 282 g/mol. The Hall–Kier alpha value is -2.77. The van der Waals surface area contributed by atoms with E-state index in [0.29, 0.717) is 10.6 Å². The normalized spacial score (nSPS) is 9.85. The molecule has 0 aliphatic carbocycles. The number of hydrogen-bond donors (Lipinski definition) is 3. The van der Waals surface area contributed by atoms with Crippen molar-refractivity contribution in [2.24, 2.45) is 0 Å². The SMILES string of the molecule is COc1cc(N)ccc1C(=O)N(CC(=O)O)CC(=O)O. The van der Waals surface area contributed by atoms with E-state index in [1.807, 2.05) is 0 Å². The standard InChI is InChI=1S/C12H14N2O6/c1-20-9-4-7(13)2-3-8(9)12(19)14(5-10(15)16)6-11(17)18/h2-4H,5-6,13H2,1H3,(H,15,16)(H,17,18). The summed E-state index contributed by atoms with van der Waals surface area (Å²) in [5, 5.41) is 17.5. The van der Waals surface area contributed by atoms with Crippen molar-refractivity contribution >= 4 is 23.5 Å². The molecule has 0 fully saturated rings. The maximum absolute atomic E-state index is 12.2. The second-order valence-electron chi connectivity index (χ2n) is 3.91. The first kappa shape index (κ1) is 15.3. The van der Waals surface area contributed by atoms with Gasteiger partial charge in [0.25, 0.3) is 5.91 Å². The highest BCUT2D eigenvalue weighted by Crippen LogP contribution is 2.23. The van der Waals surface area contributed by atoms with Crippen molar-refractivity contribution < 1.29 is 29.3 Å². The molecule has 0 aliphatic rings. The Morgan fingerprint density at radius 3 is 2.20 bits per heavy atom. The number of nitrogens with two attached hydrogens (primary N) is 1. The number of amides is 1. The van der Waals surface area contributed by atoms with Gasteiger partial charge in [0.15, 0.2) is 0 Å². The summed E-state index contributed by atoms with van der Waals surface area (Å²) in [4.78, 5) is 34.3. The molecule has 0 bridgehead atoms. The minimum Gasteiger partial charge on any atom is -0.496 e. The van der Waals surface area contributed by atoms with Crippen LogP contribution in [0.3, 0.4) is 0 Å². The molecule has 8 nitrogen and oxygen atoms in total. The topological polar surface area (TPSA) is 130 Å². The fourth-order valence-electron chi connectivity index (χ4n) is 1.58. The van der Waals surface area contributed by atoms with E-state index in [1.165, 1.54) is 25.3 Å². The van der Waals surface area contributed by atoms with Crippen LogP contribution >= 0.6 is 0 Å². The number of ether oxygens (including phenoxy) is 1. The number of nitrogen functional groups attached to an aromatic ring is 1. The van der Waals surface area contributed by atoms with Gasteiger partial charge < -0.3 is 25.6 Å². The smallest absolute Gasteiger partial charge is 0.323 e. The minimum absolute atomic E-state index is 0.0456. The molecule has 0 radical (unpaired) electrons. The number of carbonyl (C=O) groups is 3. The number of hydrogen-bond acceptors (Lipinski definition) is 5. The summed E-state index contributed by atoms with van der Waals surface area (Å²) in [6, 6.07) is 4.19. The van der Waals surface area contributed by atoms with Gasteiger partial charge in [-0.1, -0.05) is 0 Å². The van der Waals surface area contributed by atoms with Crippen molar-refractivity contribution in [1.29, 1.82) is 0 Å². The van der Waals surface area contributed by atoms with Crippen LogP contribution in [0.15, 0.2) is 18.2 Å². The van der Waals surface area contributed by atoms with E-state index in [2.05, 4.69) is 0 Å². The first-order valence-electron chi connectivity index (χ1n) is 5.51. The Morgan fingerprint density at radius 1 is 1.20 bits per heavy atom. The first-order valence-corrected chi connectivity index (χ1v) is 5.51. The Bertz CT molecular complexity index is 527. The van der Waals surface area contributed by atoms with Crippen molar-refractivity contribution in [3.05, 3.63) is 23.8 Å². The van der Waals surface area contributed by atoms with Gasteiger partial charge in [-0.3, -0.25) is 14.4 Å². The van der Waals surface area contributed by atoms with Crippen LogP contribution in [0.2, 0.25) is 0 Å². The summed E-state index contributed by atoms with van der Waals surface area (Å²) < 4.78 is 4.99. The molecule has 1 amide bonds. The fourth-order valence-corrected chi connectivity index (χ4v) is 1.58. The van der Waals surface area contributed by atoms with Crippen molar-refractivity contribution in [1.82, 2.24) is 4.90 Å². The van der Waals surface area contributed by atoms with E-state index in [1.54, 1.807) is 0 Å². The number of carboxylic acid groups (broad SMARTS) is 2. The highest BCUT2D eigenvalue weighted by atomic mass is 16.5. The molecular formula is C12H14N2O6. The third-order valence-corrected chi connectivity index (χ3v) is 2.40. The van der Waals surface area contributed by atoms with E-state index in [-0.39, 0.29) is 11.3 Å². The van der Waals surface area contributed by atoms with Crippen molar-refractivity contribution in [3.63, 3.8) is 0 Å². The second kappa shape index (κ2) is 6.41. The highest BCUT2D eigenvalue weighted by molar-refractivity contribution is 6.00. The molecule has 108 valence electrons. The molecule has 0 heterocycles. The third-order valence-electron chi connectivity index (χ3n) is 2.40. The van der Waals surface area contributed by atoms with Gasteiger partial charge >= 0.3 is 11.9 Å². The van der Waals surface area contributed by atoms with Crippen LogP contribution in [0, 0.1) is 0 Å². The van der Waals surface area contributed by atoms with Crippen molar-refractivity contribution in [3.8, 4) is 5.75 Å². The molecular weight excluding hydrogens is 268 g/mol. The summed E-state index contributed by atoms with van der Waals surface area (Å²) >= 11 is 0. The Labute approximate surface area is 114 Å². The molecule has 1 aromatic rings. The van der Waals surface area contributed by atoms with E-state index in [4.69, 9.17) is 20.7 Å². The lowest BCUT2D eigenvalue weighted by molar-refractivity contribution is -0.140. The highest BCUT2D eigenvalue weighted by Gasteiger charge is 2.23. The lowest BCUT2D eigenvalue weighted by Gasteiger charge is -2.19. The Morgan fingerprint density at radius 2 is 1.75 bits per heavy atom. The molecule has 0 aromatic heterocycles. The predicted molar refractivity (Wildman–Crippen MR) is 68.6 cm³/mol. The van der Waals surface area contributed by atoms with E-state index in [0.717, 1.165) is 0 Å². The average molecular weight is 282 g/mol. The van der Waals surface area contributed by atoms with Gasteiger partial charge in [-0.25, -0.2) is 0 Å². The number of anilines is 1. The van der Waals surface area contributed by atoms with Crippen molar-refractivity contribution in [2.45, 2.75) is 0 Å². The van der Waals surface area contributed by atoms with Crippen LogP contribution in [0.25, 0.3) is 0 Å². The average Bonchev–Trinajstić information content (AvgIpc) is 2.35. The molecule has 0 atom stereocenters. The van der Waals surface area contributed by atoms with Gasteiger partial charge in [-0.15, -0.1) is 0 Å². The fraction of sp³-hybridized carbons (Fsp3) is 0.250. The molecule has 1 aromatic carbocycles. The van der Waals surface area contributed by atoms with E-state index in [9.17, 15) is 14.4 Å². The zero-order valence-corrected chi connectivity index (χ0v) is 10.7. The number of methoxy groups -OCH3 is 1. The quantitative estimate of drug-likeness (QED) is 0.620. The molecule has 0 spiro atoms. The first-order chi connectivity index (χ1) is 9.35. The largest absolute Gasteiger partial charge is 0.496 e. The number of nitrogens with zero attached hydrogens (tertiary/aromatic N) is 1. The molecule has 0 unspecified atom stereocenters. The number of aliphatic carboxylic acids is 2. The summed E-state index contributed by atoms with van der Waals surface area (Å²) in [5.74, 6) is -3.23. The lowest BCUT2D eigenvalue weighted by atomic mass is 10.1. The number of carboxylic acids is 2. The van der Waals surface area contributed by atoms with Crippen molar-refractivity contribution in [2.75, 3.05) is 25.9 Å². The van der Waals surface area contributed by atoms with Crippen LogP contribution in [0.5, 0.6) is 5.75 Å². The molecule has 0 aliphatic heterocycles. The third kappa shape index (κ3) is 3.87. The number of rotatable bonds is 6. The summed E-state index contributed by atoms with van der Waals surface area (Å²) in [6.45, 7) is -1.45. The van der Waals surface area contributed by atoms with Crippen LogP contribution < -0.4 is 10.5 Å². The molecule has 0 saturated heterocycles. The Balaban J connectivity index is 3.10. The maximum Gasteiger partial charge on any atom is 0.323 e. The van der Waals surface area contributed by atoms with Crippen LogP contribution in [-0.2, 0) is 9.59 Å². The zero-order valence-electron chi connectivity index (χ0n) is 10.7. The van der Waals surface area contributed by atoms with Gasteiger partial charge in [-0.05, 0) is 12.1 Å². The summed E-state index contributed by atoms with van der Waals surface area (Å²) in [6.07, 6.45) is 0. The molecule has 20 heavy (non-hydrogen) atoms. The van der Waals surface area contributed by atoms with Gasteiger partial charge in [0.1, 0.15) is 18.8 Å². The number of benzene rings is 1. The summed E-state index contributed by atoms with van der Waals surface area (Å²) in [7, 11) is 1.32. The summed E-state index contributed by atoms with van der Waals surface area (Å²) in [5.41, 5.74) is 5.96. The zero-order chi connectivity index (χ0) is 15.3. The molecule has 8 heteroatoms. The minimum atomic E-state index is -1.31. The maximum atomic E-state index is 12.2. The molecule has 1 rings (SSSR count). The van der Waals surface area contributed by atoms with Gasteiger partial charge in [-0.2, -0.15) is 0 Å². The molecule has 4 N–H and O–H groups in total. The van der Waals surface area contributed by atoms with E-state index >= 15 is 0 Å². The van der Waals surface area contributed by atoms with Gasteiger partial charge in [0.05, 0.1) is 12.7 Å². The Kier molecular flexibility index (Phi) is 4.90. The second-order valence-corrected chi connectivity index (χ2v) is 3.91. The van der Waals surface area contributed by atoms with Gasteiger partial charge in [0, 0.05) is 11.8 Å². The molecule has 0 saturated carbocycles. The van der Waals surface area contributed by atoms with Gasteiger partial charge in [0.2, 0.25) is 0 Å². The van der Waals surface area contributed by atoms with Crippen LogP contribution in [0.1, 0.15) is 10.4 Å². The van der Waals surface area contributed by atoms with Crippen LogP contribution in [-0.4, -0.2) is 53.2 Å². The van der Waals surface area contributed by atoms with E-state index < -0.39 is 30.9 Å². The number of carbonyl (C=O) groups excluding carboxylic acids is 1. The predicted octanol–water partition coefficient (Wildman–Crippen LogP) is -0.111. The van der Waals surface area contributed by atoms with Crippen LogP contribution in [0.4, 0.5) is 5.69 Å².